The summed E-state index contributed by atoms with van der Waals surface area (Å²) >= 11 is 0. The molecule has 0 spiro atoms. The standard InChI is InChI=1S/C63H38F3N5/c1-38-32-40(63(64,65)66)26-29-43(38)62-60(70-56-24-12-6-18-48(56)50-30-27-41(35-58(50)70)68-52-20-8-2-14-44(52)45-15-3-9-21-53(45)68)33-39(37-67)34-61(62)71-57-25-13-7-19-49(57)51-31-28-42(36-59(51)71)69-54-22-10-4-16-46(54)47-17-5-11-23-55(47)69/h2-36H,1H3. The molecule has 0 saturated carbocycles. The number of rotatable bonds is 5. The van der Waals surface area contributed by atoms with Crippen LogP contribution in [0.4, 0.5) is 13.2 Å². The summed E-state index contributed by atoms with van der Waals surface area (Å²) < 4.78 is 52.6. The third kappa shape index (κ3) is 5.93. The van der Waals surface area contributed by atoms with E-state index in [2.05, 4.69) is 182 Å². The lowest BCUT2D eigenvalue weighted by Gasteiger charge is -2.23. The fourth-order valence-corrected chi connectivity index (χ4v) is 11.5. The van der Waals surface area contributed by atoms with E-state index in [1.807, 2.05) is 36.4 Å². The van der Waals surface area contributed by atoms with Crippen LogP contribution in [-0.2, 0) is 6.18 Å². The van der Waals surface area contributed by atoms with Crippen molar-refractivity contribution in [3.8, 4) is 39.9 Å². The van der Waals surface area contributed by atoms with Crippen LogP contribution in [0.3, 0.4) is 0 Å². The first-order valence-electron chi connectivity index (χ1n) is 23.6. The molecule has 0 aliphatic carbocycles. The van der Waals surface area contributed by atoms with Gasteiger partial charge in [-0.2, -0.15) is 18.4 Å². The average Bonchev–Trinajstić information content (AvgIpc) is 4.13. The third-order valence-corrected chi connectivity index (χ3v) is 14.5. The first kappa shape index (κ1) is 40.7. The molecule has 4 heterocycles. The predicted molar refractivity (Wildman–Crippen MR) is 284 cm³/mol. The number of para-hydroxylation sites is 6. The highest BCUT2D eigenvalue weighted by atomic mass is 19.4. The van der Waals surface area contributed by atoms with E-state index in [0.29, 0.717) is 33.6 Å². The molecule has 0 radical (unpaired) electrons. The van der Waals surface area contributed by atoms with Crippen LogP contribution in [0.25, 0.3) is 121 Å². The summed E-state index contributed by atoms with van der Waals surface area (Å²) in [7, 11) is 0. The van der Waals surface area contributed by atoms with Crippen molar-refractivity contribution >= 4 is 87.2 Å². The lowest BCUT2D eigenvalue weighted by atomic mass is 9.93. The van der Waals surface area contributed by atoms with E-state index in [-0.39, 0.29) is 0 Å². The zero-order valence-corrected chi connectivity index (χ0v) is 38.1. The van der Waals surface area contributed by atoms with Crippen LogP contribution in [0.2, 0.25) is 0 Å². The van der Waals surface area contributed by atoms with Gasteiger partial charge in [0, 0.05) is 60.0 Å². The molecule has 0 aliphatic rings. The third-order valence-electron chi connectivity index (χ3n) is 14.5. The van der Waals surface area contributed by atoms with Crippen LogP contribution in [0.1, 0.15) is 16.7 Å². The van der Waals surface area contributed by atoms with Gasteiger partial charge in [0.15, 0.2) is 0 Å². The number of nitrogens with zero attached hydrogens (tertiary/aromatic N) is 5. The summed E-state index contributed by atoms with van der Waals surface area (Å²) in [6, 6.07) is 73.4. The summed E-state index contributed by atoms with van der Waals surface area (Å²) in [6.45, 7) is 1.74. The fraction of sp³-hybridized carbons (Fsp3) is 0.0317. The second-order valence-corrected chi connectivity index (χ2v) is 18.4. The first-order chi connectivity index (χ1) is 34.7. The number of halogens is 3. The number of aromatic nitrogens is 4. The molecule has 0 bridgehead atoms. The van der Waals surface area contributed by atoms with Gasteiger partial charge in [-0.25, -0.2) is 0 Å². The zero-order chi connectivity index (χ0) is 47.7. The van der Waals surface area contributed by atoms with E-state index in [1.165, 1.54) is 12.1 Å². The number of fused-ring (bicyclic) bond motifs is 12. The molecule has 0 N–H and O–H groups in total. The number of benzene rings is 10. The van der Waals surface area contributed by atoms with E-state index >= 15 is 0 Å². The van der Waals surface area contributed by atoms with Gasteiger partial charge < -0.3 is 18.3 Å². The molecule has 0 aliphatic heterocycles. The summed E-state index contributed by atoms with van der Waals surface area (Å²) in [6.07, 6.45) is -4.55. The molecule has 4 aromatic heterocycles. The number of aryl methyl sites for hydroxylation is 1. The molecule has 0 unspecified atom stereocenters. The number of hydrogen-bond acceptors (Lipinski definition) is 1. The molecule has 0 atom stereocenters. The summed E-state index contributed by atoms with van der Waals surface area (Å²) in [5.74, 6) is 0. The van der Waals surface area contributed by atoms with Crippen molar-refractivity contribution in [2.75, 3.05) is 0 Å². The zero-order valence-electron chi connectivity index (χ0n) is 38.1. The molecular weight excluding hydrogens is 884 g/mol. The molecule has 5 nitrogen and oxygen atoms in total. The highest BCUT2D eigenvalue weighted by molar-refractivity contribution is 6.15. The van der Waals surface area contributed by atoms with Crippen LogP contribution in [0.15, 0.2) is 212 Å². The van der Waals surface area contributed by atoms with Crippen molar-refractivity contribution in [2.24, 2.45) is 0 Å². The normalized spacial score (nSPS) is 12.2. The number of hydrogen-bond donors (Lipinski definition) is 0. The summed E-state index contributed by atoms with van der Waals surface area (Å²) in [5.41, 5.74) is 12.5. The Morgan fingerprint density at radius 1 is 0.366 bits per heavy atom. The van der Waals surface area contributed by atoms with Gasteiger partial charge in [0.25, 0.3) is 0 Å². The molecule has 0 fully saturated rings. The average molecular weight is 922 g/mol. The maximum atomic E-state index is 14.6. The molecular formula is C63H38F3N5. The highest BCUT2D eigenvalue weighted by Crippen LogP contribution is 2.46. The molecule has 0 saturated heterocycles. The van der Waals surface area contributed by atoms with Gasteiger partial charge in [0.05, 0.1) is 72.7 Å². The Morgan fingerprint density at radius 2 is 0.704 bits per heavy atom. The van der Waals surface area contributed by atoms with Crippen LogP contribution in [0, 0.1) is 18.3 Å². The first-order valence-corrected chi connectivity index (χ1v) is 23.6. The second kappa shape index (κ2) is 15.1. The fourth-order valence-electron chi connectivity index (χ4n) is 11.5. The van der Waals surface area contributed by atoms with Gasteiger partial charge in [-0.05, 0) is 103 Å². The highest BCUT2D eigenvalue weighted by Gasteiger charge is 2.32. The minimum atomic E-state index is -4.55. The van der Waals surface area contributed by atoms with E-state index in [9.17, 15) is 18.4 Å². The van der Waals surface area contributed by atoms with Crippen molar-refractivity contribution in [1.82, 2.24) is 18.3 Å². The molecule has 71 heavy (non-hydrogen) atoms. The molecule has 14 aromatic rings. The van der Waals surface area contributed by atoms with Crippen molar-refractivity contribution in [2.45, 2.75) is 13.1 Å². The van der Waals surface area contributed by atoms with Crippen LogP contribution < -0.4 is 0 Å². The molecule has 14 rings (SSSR count). The topological polar surface area (TPSA) is 43.5 Å². The van der Waals surface area contributed by atoms with Crippen LogP contribution in [-0.4, -0.2) is 18.3 Å². The van der Waals surface area contributed by atoms with E-state index in [1.54, 1.807) is 13.0 Å². The smallest absolute Gasteiger partial charge is 0.309 e. The molecule has 336 valence electrons. The maximum absolute atomic E-state index is 14.6. The van der Waals surface area contributed by atoms with Gasteiger partial charge in [0.1, 0.15) is 0 Å². The van der Waals surface area contributed by atoms with Crippen molar-refractivity contribution in [1.29, 1.82) is 5.26 Å². The molecule has 8 heteroatoms. The minimum Gasteiger partial charge on any atom is -0.309 e. The van der Waals surface area contributed by atoms with Gasteiger partial charge in [-0.3, -0.25) is 0 Å². The summed E-state index contributed by atoms with van der Waals surface area (Å²) in [5, 5.41) is 19.7. The van der Waals surface area contributed by atoms with Crippen LogP contribution in [0.5, 0.6) is 0 Å². The van der Waals surface area contributed by atoms with Crippen LogP contribution >= 0.6 is 0 Å². The number of nitriles is 1. The van der Waals surface area contributed by atoms with Crippen molar-refractivity contribution in [3.05, 3.63) is 229 Å². The molecule has 10 aromatic carbocycles. The Morgan fingerprint density at radius 3 is 1.04 bits per heavy atom. The monoisotopic (exact) mass is 921 g/mol. The van der Waals surface area contributed by atoms with E-state index < -0.39 is 11.7 Å². The SMILES string of the molecule is Cc1cc(C(F)(F)F)ccc1-c1c(-n2c3ccccc3c3ccc(-n4c5ccccc5c5ccccc54)cc32)cc(C#N)cc1-n1c2ccccc2c2ccc(-n3c4ccccc4c4ccccc43)cc21. The minimum absolute atomic E-state index is 0.400. The van der Waals surface area contributed by atoms with E-state index in [4.69, 9.17) is 0 Å². The van der Waals surface area contributed by atoms with Gasteiger partial charge >= 0.3 is 6.18 Å². The quantitative estimate of drug-likeness (QED) is 0.170. The van der Waals surface area contributed by atoms with Gasteiger partial charge in [0.2, 0.25) is 0 Å². The van der Waals surface area contributed by atoms with Crippen molar-refractivity contribution in [3.63, 3.8) is 0 Å². The second-order valence-electron chi connectivity index (χ2n) is 18.4. The predicted octanol–water partition coefficient (Wildman–Crippen LogP) is 16.9. The lowest BCUT2D eigenvalue weighted by molar-refractivity contribution is -0.137. The van der Waals surface area contributed by atoms with Gasteiger partial charge in [-0.1, -0.05) is 127 Å². The summed E-state index contributed by atoms with van der Waals surface area (Å²) in [4.78, 5) is 0. The Kier molecular flexibility index (Phi) is 8.65. The maximum Gasteiger partial charge on any atom is 0.416 e. The van der Waals surface area contributed by atoms with Gasteiger partial charge in [-0.15, -0.1) is 0 Å². The number of alkyl halides is 3. The Hall–Kier alpha value is -9.32. The molecule has 0 amide bonds. The Bertz CT molecular complexity index is 4250. The Labute approximate surface area is 404 Å². The largest absolute Gasteiger partial charge is 0.416 e. The Balaban J connectivity index is 1.12. The van der Waals surface area contributed by atoms with Crippen molar-refractivity contribution < 1.29 is 13.2 Å². The lowest BCUT2D eigenvalue weighted by Crippen LogP contribution is -2.08. The van der Waals surface area contributed by atoms with E-state index in [0.717, 1.165) is 98.6 Å².